The molecule has 1 saturated carbocycles. The minimum atomic E-state index is -0.121. The van der Waals surface area contributed by atoms with Gasteiger partial charge in [-0.05, 0) is 42.7 Å². The first-order valence-corrected chi connectivity index (χ1v) is 7.35. The summed E-state index contributed by atoms with van der Waals surface area (Å²) in [6.07, 6.45) is 4.28. The average molecular weight is 274 g/mol. The Balaban J connectivity index is 1.61. The first kappa shape index (κ1) is 13.6. The number of nitrogens with one attached hydrogen (secondary N) is 2. The van der Waals surface area contributed by atoms with Crippen molar-refractivity contribution in [1.82, 2.24) is 10.6 Å². The topological polar surface area (TPSA) is 50.4 Å². The molecule has 1 amide bonds. The Hall–Kier alpha value is -1.39. The summed E-state index contributed by atoms with van der Waals surface area (Å²) in [5.74, 6) is 0.740. The molecule has 2 fully saturated rings. The number of methoxy groups -OCH3 is 1. The average Bonchev–Trinajstić information content (AvgIpc) is 2.82. The Morgan fingerprint density at radius 3 is 2.50 bits per heavy atom. The molecule has 1 heterocycles. The number of rotatable bonds is 3. The van der Waals surface area contributed by atoms with Crippen LogP contribution in [0.1, 0.15) is 42.7 Å². The molecule has 0 radical (unpaired) electrons. The molecule has 2 aliphatic rings. The van der Waals surface area contributed by atoms with Gasteiger partial charge in [0.1, 0.15) is 0 Å². The predicted molar refractivity (Wildman–Crippen MR) is 77.2 cm³/mol. The SMILES string of the molecule is COCc1ccc(C2CCC3(CC2)NCC(=O)N3)cc1. The fourth-order valence-electron chi connectivity index (χ4n) is 3.40. The summed E-state index contributed by atoms with van der Waals surface area (Å²) in [7, 11) is 1.72. The summed E-state index contributed by atoms with van der Waals surface area (Å²) in [6, 6.07) is 8.74. The lowest BCUT2D eigenvalue weighted by Gasteiger charge is -2.37. The quantitative estimate of drug-likeness (QED) is 0.885. The third kappa shape index (κ3) is 2.72. The molecular weight excluding hydrogens is 252 g/mol. The van der Waals surface area contributed by atoms with Crippen LogP contribution in [0.3, 0.4) is 0 Å². The molecule has 1 aromatic carbocycles. The van der Waals surface area contributed by atoms with E-state index in [0.717, 1.165) is 25.7 Å². The highest BCUT2D eigenvalue weighted by atomic mass is 16.5. The maximum Gasteiger partial charge on any atom is 0.235 e. The molecule has 20 heavy (non-hydrogen) atoms. The van der Waals surface area contributed by atoms with Crippen molar-refractivity contribution in [2.45, 2.75) is 43.9 Å². The molecule has 1 aliphatic carbocycles. The number of hydrogen-bond acceptors (Lipinski definition) is 3. The summed E-state index contributed by atoms with van der Waals surface area (Å²) < 4.78 is 5.14. The maximum atomic E-state index is 11.4. The third-order valence-corrected chi connectivity index (χ3v) is 4.57. The molecule has 0 unspecified atom stereocenters. The molecule has 108 valence electrons. The van der Waals surface area contributed by atoms with Crippen molar-refractivity contribution < 1.29 is 9.53 Å². The zero-order chi connectivity index (χ0) is 14.0. The van der Waals surface area contributed by atoms with Crippen LogP contribution in [0.15, 0.2) is 24.3 Å². The normalized spacial score (nSPS) is 29.6. The highest BCUT2D eigenvalue weighted by molar-refractivity contribution is 5.81. The third-order valence-electron chi connectivity index (χ3n) is 4.57. The number of benzene rings is 1. The lowest BCUT2D eigenvalue weighted by molar-refractivity contribution is -0.119. The van der Waals surface area contributed by atoms with Gasteiger partial charge in [0.05, 0.1) is 18.8 Å². The zero-order valence-electron chi connectivity index (χ0n) is 11.9. The van der Waals surface area contributed by atoms with Crippen LogP contribution in [-0.2, 0) is 16.1 Å². The van der Waals surface area contributed by atoms with Gasteiger partial charge < -0.3 is 10.1 Å². The lowest BCUT2D eigenvalue weighted by atomic mass is 9.78. The van der Waals surface area contributed by atoms with Crippen LogP contribution in [-0.4, -0.2) is 25.2 Å². The van der Waals surface area contributed by atoms with E-state index in [9.17, 15) is 4.79 Å². The highest BCUT2D eigenvalue weighted by Crippen LogP contribution is 2.37. The largest absolute Gasteiger partial charge is 0.380 e. The Morgan fingerprint density at radius 2 is 1.95 bits per heavy atom. The second-order valence-electron chi connectivity index (χ2n) is 5.93. The van der Waals surface area contributed by atoms with Gasteiger partial charge in [0.15, 0.2) is 0 Å². The van der Waals surface area contributed by atoms with Crippen molar-refractivity contribution in [3.05, 3.63) is 35.4 Å². The Kier molecular flexibility index (Phi) is 3.76. The number of carbonyl (C=O) groups is 1. The monoisotopic (exact) mass is 274 g/mol. The van der Waals surface area contributed by atoms with E-state index in [-0.39, 0.29) is 11.6 Å². The molecule has 4 nitrogen and oxygen atoms in total. The van der Waals surface area contributed by atoms with Crippen LogP contribution in [0.25, 0.3) is 0 Å². The van der Waals surface area contributed by atoms with Gasteiger partial charge in [-0.15, -0.1) is 0 Å². The van der Waals surface area contributed by atoms with Gasteiger partial charge in [0, 0.05) is 7.11 Å². The van der Waals surface area contributed by atoms with Crippen LogP contribution in [0.4, 0.5) is 0 Å². The molecule has 1 aliphatic heterocycles. The Labute approximate surface area is 119 Å². The fourth-order valence-corrected chi connectivity index (χ4v) is 3.40. The van der Waals surface area contributed by atoms with Crippen molar-refractivity contribution >= 4 is 5.91 Å². The number of ether oxygens (including phenoxy) is 1. The minimum Gasteiger partial charge on any atom is -0.380 e. The maximum absolute atomic E-state index is 11.4. The van der Waals surface area contributed by atoms with E-state index in [4.69, 9.17) is 4.74 Å². The fraction of sp³-hybridized carbons (Fsp3) is 0.562. The van der Waals surface area contributed by atoms with Gasteiger partial charge in [-0.2, -0.15) is 0 Å². The van der Waals surface area contributed by atoms with Gasteiger partial charge in [-0.1, -0.05) is 24.3 Å². The molecule has 1 aromatic rings. The van der Waals surface area contributed by atoms with Crippen molar-refractivity contribution in [2.24, 2.45) is 0 Å². The second kappa shape index (κ2) is 5.54. The second-order valence-corrected chi connectivity index (χ2v) is 5.93. The zero-order valence-corrected chi connectivity index (χ0v) is 11.9. The van der Waals surface area contributed by atoms with Gasteiger partial charge >= 0.3 is 0 Å². The molecule has 0 aromatic heterocycles. The minimum absolute atomic E-state index is 0.121. The summed E-state index contributed by atoms with van der Waals surface area (Å²) in [6.45, 7) is 1.14. The summed E-state index contributed by atoms with van der Waals surface area (Å²) in [5, 5.41) is 6.44. The van der Waals surface area contributed by atoms with E-state index in [0.29, 0.717) is 19.1 Å². The smallest absolute Gasteiger partial charge is 0.235 e. The van der Waals surface area contributed by atoms with Gasteiger partial charge in [-0.3, -0.25) is 10.1 Å². The van der Waals surface area contributed by atoms with Gasteiger partial charge in [0.25, 0.3) is 0 Å². The van der Waals surface area contributed by atoms with E-state index < -0.39 is 0 Å². The summed E-state index contributed by atoms with van der Waals surface area (Å²) in [4.78, 5) is 11.4. The highest BCUT2D eigenvalue weighted by Gasteiger charge is 2.40. The van der Waals surface area contributed by atoms with Crippen LogP contribution in [0.5, 0.6) is 0 Å². The molecule has 1 saturated heterocycles. The molecule has 0 atom stereocenters. The summed E-state index contributed by atoms with van der Waals surface area (Å²) in [5.41, 5.74) is 2.50. The van der Waals surface area contributed by atoms with Crippen LogP contribution >= 0.6 is 0 Å². The first-order chi connectivity index (χ1) is 9.71. The predicted octanol–water partition coefficient (Wildman–Crippen LogP) is 1.91. The first-order valence-electron chi connectivity index (χ1n) is 7.35. The van der Waals surface area contributed by atoms with Crippen LogP contribution < -0.4 is 10.6 Å². The van der Waals surface area contributed by atoms with Crippen molar-refractivity contribution in [1.29, 1.82) is 0 Å². The molecule has 2 N–H and O–H groups in total. The van der Waals surface area contributed by atoms with E-state index in [1.54, 1.807) is 7.11 Å². The van der Waals surface area contributed by atoms with Crippen LogP contribution in [0, 0.1) is 0 Å². The van der Waals surface area contributed by atoms with E-state index in [2.05, 4.69) is 34.9 Å². The molecule has 0 bridgehead atoms. The van der Waals surface area contributed by atoms with Gasteiger partial charge in [0.2, 0.25) is 5.91 Å². The molecule has 3 rings (SSSR count). The van der Waals surface area contributed by atoms with Gasteiger partial charge in [-0.25, -0.2) is 0 Å². The molecular formula is C16H22N2O2. The van der Waals surface area contributed by atoms with Crippen molar-refractivity contribution in [3.8, 4) is 0 Å². The number of hydrogen-bond donors (Lipinski definition) is 2. The van der Waals surface area contributed by atoms with Crippen LogP contribution in [0.2, 0.25) is 0 Å². The van der Waals surface area contributed by atoms with Crippen molar-refractivity contribution in [3.63, 3.8) is 0 Å². The summed E-state index contributed by atoms with van der Waals surface area (Å²) >= 11 is 0. The Morgan fingerprint density at radius 1 is 1.25 bits per heavy atom. The van der Waals surface area contributed by atoms with E-state index >= 15 is 0 Å². The lowest BCUT2D eigenvalue weighted by Crippen LogP contribution is -2.51. The van der Waals surface area contributed by atoms with E-state index in [1.165, 1.54) is 11.1 Å². The van der Waals surface area contributed by atoms with E-state index in [1.807, 2.05) is 0 Å². The molecule has 1 spiro atoms. The van der Waals surface area contributed by atoms with Crippen molar-refractivity contribution in [2.75, 3.05) is 13.7 Å². The standard InChI is InChI=1S/C16H22N2O2/c1-20-11-12-2-4-13(5-3-12)14-6-8-16(9-7-14)17-10-15(19)18-16/h2-5,14,17H,6-11H2,1H3,(H,18,19). The molecule has 4 heteroatoms. The number of carbonyl (C=O) groups excluding carboxylic acids is 1. The number of amides is 1. The Bertz CT molecular complexity index is 476.